The highest BCUT2D eigenvalue weighted by Crippen LogP contribution is 2.27. The number of rotatable bonds is 13. The molecule has 0 heterocycles. The fraction of sp³-hybridized carbons (Fsp3) is 0.257. The largest absolute Gasteiger partial charge is 0.497 e. The van der Waals surface area contributed by atoms with E-state index in [1.165, 1.54) is 24.1 Å². The highest BCUT2D eigenvalue weighted by Gasteiger charge is 2.34. The van der Waals surface area contributed by atoms with Crippen LogP contribution in [-0.4, -0.2) is 51.9 Å². The molecule has 0 aliphatic heterocycles. The average Bonchev–Trinajstić information content (AvgIpc) is 3.05. The molecule has 0 saturated carbocycles. The van der Waals surface area contributed by atoms with E-state index in [2.05, 4.69) is 19.2 Å². The maximum absolute atomic E-state index is 14.4. The van der Waals surface area contributed by atoms with Gasteiger partial charge in [0, 0.05) is 20.0 Å². The number of amides is 2. The summed E-state index contributed by atoms with van der Waals surface area (Å²) in [4.78, 5) is 29.3. The first-order chi connectivity index (χ1) is 21.1. The lowest BCUT2D eigenvalue weighted by atomic mass is 10.0. The summed E-state index contributed by atoms with van der Waals surface area (Å²) in [6.07, 6.45) is 0.241. The molecule has 0 aliphatic carbocycles. The number of anilines is 1. The number of ether oxygens (including phenoxy) is 1. The Balaban J connectivity index is 1.79. The van der Waals surface area contributed by atoms with Crippen LogP contribution >= 0.6 is 0 Å². The van der Waals surface area contributed by atoms with Crippen molar-refractivity contribution in [3.63, 3.8) is 0 Å². The van der Waals surface area contributed by atoms with Crippen LogP contribution in [0.15, 0.2) is 114 Å². The lowest BCUT2D eigenvalue weighted by Crippen LogP contribution is -2.53. The van der Waals surface area contributed by atoms with Crippen LogP contribution in [0.3, 0.4) is 0 Å². The molecule has 0 fully saturated rings. The van der Waals surface area contributed by atoms with Crippen molar-refractivity contribution in [2.24, 2.45) is 0 Å². The molecule has 0 saturated heterocycles. The summed E-state index contributed by atoms with van der Waals surface area (Å²) in [6, 6.07) is 31.0. The van der Waals surface area contributed by atoms with Crippen molar-refractivity contribution in [1.29, 1.82) is 0 Å². The molecule has 4 aromatic rings. The van der Waals surface area contributed by atoms with Gasteiger partial charge in [-0.25, -0.2) is 8.42 Å². The van der Waals surface area contributed by atoms with E-state index in [9.17, 15) is 18.0 Å². The SMILES string of the molecule is CNC(=O)[C@@H](Cc1ccccc1)N(Cc1cccc(OC)c1)C(=O)CN(c1ccc(C(C)C)cc1)S(=O)(=O)c1ccccc1. The van der Waals surface area contributed by atoms with E-state index in [1.807, 2.05) is 54.6 Å². The molecule has 0 spiro atoms. The Morgan fingerprint density at radius 3 is 2.02 bits per heavy atom. The van der Waals surface area contributed by atoms with Gasteiger partial charge in [-0.1, -0.05) is 86.6 Å². The van der Waals surface area contributed by atoms with Gasteiger partial charge in [0.05, 0.1) is 17.7 Å². The predicted molar refractivity (Wildman–Crippen MR) is 173 cm³/mol. The second-order valence-electron chi connectivity index (χ2n) is 10.8. The third-order valence-corrected chi connectivity index (χ3v) is 9.25. The summed E-state index contributed by atoms with van der Waals surface area (Å²) in [5.41, 5.74) is 2.99. The smallest absolute Gasteiger partial charge is 0.264 e. The number of sulfonamides is 1. The van der Waals surface area contributed by atoms with E-state index in [0.717, 1.165) is 21.0 Å². The van der Waals surface area contributed by atoms with Gasteiger partial charge in [-0.3, -0.25) is 13.9 Å². The molecule has 0 radical (unpaired) electrons. The first-order valence-corrected chi connectivity index (χ1v) is 15.9. The van der Waals surface area contributed by atoms with Crippen molar-refractivity contribution in [3.05, 3.63) is 126 Å². The van der Waals surface area contributed by atoms with E-state index in [0.29, 0.717) is 11.4 Å². The number of carbonyl (C=O) groups excluding carboxylic acids is 2. The van der Waals surface area contributed by atoms with Crippen LogP contribution < -0.4 is 14.4 Å². The molecular formula is C35H39N3O5S. The fourth-order valence-electron chi connectivity index (χ4n) is 4.96. The van der Waals surface area contributed by atoms with Gasteiger partial charge < -0.3 is 15.0 Å². The number of hydrogen-bond donors (Lipinski definition) is 1. The normalized spacial score (nSPS) is 11.9. The molecule has 0 aliphatic rings. The quantitative estimate of drug-likeness (QED) is 0.218. The van der Waals surface area contributed by atoms with Gasteiger partial charge in [0.2, 0.25) is 11.8 Å². The van der Waals surface area contributed by atoms with Gasteiger partial charge in [0.1, 0.15) is 18.3 Å². The molecule has 1 atom stereocenters. The van der Waals surface area contributed by atoms with E-state index in [4.69, 9.17) is 4.74 Å². The molecule has 44 heavy (non-hydrogen) atoms. The van der Waals surface area contributed by atoms with Gasteiger partial charge in [-0.05, 0) is 59.0 Å². The monoisotopic (exact) mass is 613 g/mol. The molecule has 8 nitrogen and oxygen atoms in total. The number of nitrogens with one attached hydrogen (secondary N) is 1. The minimum absolute atomic E-state index is 0.0620. The molecule has 0 unspecified atom stereocenters. The van der Waals surface area contributed by atoms with Crippen LogP contribution in [0.4, 0.5) is 5.69 Å². The zero-order valence-corrected chi connectivity index (χ0v) is 26.3. The third-order valence-electron chi connectivity index (χ3n) is 7.46. The zero-order valence-electron chi connectivity index (χ0n) is 25.5. The maximum atomic E-state index is 14.4. The second kappa shape index (κ2) is 14.7. The van der Waals surface area contributed by atoms with Gasteiger partial charge in [0.15, 0.2) is 0 Å². The van der Waals surface area contributed by atoms with Gasteiger partial charge >= 0.3 is 0 Å². The van der Waals surface area contributed by atoms with Crippen molar-refractivity contribution in [2.45, 2.75) is 43.7 Å². The van der Waals surface area contributed by atoms with Gasteiger partial charge in [-0.15, -0.1) is 0 Å². The summed E-state index contributed by atoms with van der Waals surface area (Å²) >= 11 is 0. The van der Waals surface area contributed by atoms with Crippen LogP contribution in [0.2, 0.25) is 0 Å². The van der Waals surface area contributed by atoms with Crippen molar-refractivity contribution in [2.75, 3.05) is 25.0 Å². The zero-order chi connectivity index (χ0) is 31.7. The van der Waals surface area contributed by atoms with Crippen molar-refractivity contribution < 1.29 is 22.7 Å². The third kappa shape index (κ3) is 7.85. The van der Waals surface area contributed by atoms with E-state index in [-0.39, 0.29) is 29.7 Å². The highest BCUT2D eigenvalue weighted by molar-refractivity contribution is 7.92. The maximum Gasteiger partial charge on any atom is 0.264 e. The Morgan fingerprint density at radius 1 is 0.818 bits per heavy atom. The Bertz CT molecular complexity index is 1640. The summed E-state index contributed by atoms with van der Waals surface area (Å²) in [5, 5.41) is 2.70. The average molecular weight is 614 g/mol. The number of hydrogen-bond acceptors (Lipinski definition) is 5. The number of likely N-dealkylation sites (N-methyl/N-ethyl adjacent to an activating group) is 1. The molecule has 2 amide bonds. The minimum Gasteiger partial charge on any atom is -0.497 e. The van der Waals surface area contributed by atoms with Crippen LogP contribution in [0.1, 0.15) is 36.5 Å². The molecule has 9 heteroatoms. The first-order valence-electron chi connectivity index (χ1n) is 14.5. The van der Waals surface area contributed by atoms with Gasteiger partial charge in [0.25, 0.3) is 10.0 Å². The van der Waals surface area contributed by atoms with Crippen molar-refractivity contribution in [1.82, 2.24) is 10.2 Å². The molecule has 1 N–H and O–H groups in total. The topological polar surface area (TPSA) is 96.0 Å². The van der Waals surface area contributed by atoms with E-state index in [1.54, 1.807) is 49.6 Å². The number of benzene rings is 4. The number of methoxy groups -OCH3 is 1. The summed E-state index contributed by atoms with van der Waals surface area (Å²) in [7, 11) is -1.06. The molecule has 4 rings (SSSR count). The molecule has 230 valence electrons. The van der Waals surface area contributed by atoms with E-state index >= 15 is 0 Å². The van der Waals surface area contributed by atoms with Crippen molar-refractivity contribution >= 4 is 27.5 Å². The van der Waals surface area contributed by atoms with Crippen LogP contribution in [0.25, 0.3) is 0 Å². The van der Waals surface area contributed by atoms with Crippen molar-refractivity contribution in [3.8, 4) is 5.75 Å². The minimum atomic E-state index is -4.14. The lowest BCUT2D eigenvalue weighted by Gasteiger charge is -2.33. The molecule has 0 aromatic heterocycles. The van der Waals surface area contributed by atoms with E-state index < -0.39 is 28.5 Å². The Morgan fingerprint density at radius 2 is 1.43 bits per heavy atom. The molecule has 4 aromatic carbocycles. The summed E-state index contributed by atoms with van der Waals surface area (Å²) < 4.78 is 34.6. The number of carbonyl (C=O) groups is 2. The second-order valence-corrected chi connectivity index (χ2v) is 12.6. The first kappa shape index (κ1) is 32.3. The molecule has 0 bridgehead atoms. The predicted octanol–water partition coefficient (Wildman–Crippen LogP) is 5.40. The van der Waals surface area contributed by atoms with Crippen LogP contribution in [0, 0.1) is 0 Å². The Kier molecular flexibility index (Phi) is 10.8. The van der Waals surface area contributed by atoms with Crippen LogP contribution in [0.5, 0.6) is 5.75 Å². The van der Waals surface area contributed by atoms with Crippen LogP contribution in [-0.2, 0) is 32.6 Å². The van der Waals surface area contributed by atoms with Gasteiger partial charge in [-0.2, -0.15) is 0 Å². The fourth-order valence-corrected chi connectivity index (χ4v) is 6.40. The summed E-state index contributed by atoms with van der Waals surface area (Å²) in [6.45, 7) is 3.66. The standard InChI is InChI=1S/C35H39N3O5S/c1-26(2)29-18-20-30(21-19-29)38(44(41,42)32-16-9-6-10-17-32)25-34(39)37(24-28-14-11-15-31(22-28)43-4)33(35(40)36-3)23-27-12-7-5-8-13-27/h5-22,26,33H,23-25H2,1-4H3,(H,36,40)/t33-/m1/s1. The Labute approximate surface area is 260 Å². The molecular weight excluding hydrogens is 574 g/mol. The Hall–Kier alpha value is -4.63. The number of nitrogens with zero attached hydrogens (tertiary/aromatic N) is 2. The summed E-state index contributed by atoms with van der Waals surface area (Å²) in [5.74, 6) is -0.0314. The lowest BCUT2D eigenvalue weighted by molar-refractivity contribution is -0.139. The highest BCUT2D eigenvalue weighted by atomic mass is 32.2.